The molecule has 0 bridgehead atoms. The second kappa shape index (κ2) is 4.15. The maximum atomic E-state index is 11.9. The third-order valence-corrected chi connectivity index (χ3v) is 4.16. The predicted octanol–water partition coefficient (Wildman–Crippen LogP) is -0.634. The van der Waals surface area contributed by atoms with Crippen molar-refractivity contribution in [1.82, 2.24) is 10.2 Å². The van der Waals surface area contributed by atoms with Crippen LogP contribution in [0, 0.1) is 11.3 Å². The van der Waals surface area contributed by atoms with E-state index >= 15 is 0 Å². The van der Waals surface area contributed by atoms with Crippen LogP contribution in [0.1, 0.15) is 19.8 Å². The van der Waals surface area contributed by atoms with Crippen molar-refractivity contribution in [2.24, 2.45) is 17.1 Å². The van der Waals surface area contributed by atoms with Gasteiger partial charge in [-0.3, -0.25) is 9.59 Å². The SMILES string of the molecule is CC1CC12CCN(C(=O)CNC(=O)O)[C@@H]2C(N)=O. The number of carbonyl (C=O) groups excluding carboxylic acids is 2. The van der Waals surface area contributed by atoms with Crippen LogP contribution >= 0.6 is 0 Å². The number of hydrogen-bond acceptors (Lipinski definition) is 3. The number of primary amides is 1. The zero-order valence-electron chi connectivity index (χ0n) is 10.2. The Morgan fingerprint density at radius 3 is 2.56 bits per heavy atom. The van der Waals surface area contributed by atoms with Crippen molar-refractivity contribution < 1.29 is 19.5 Å². The van der Waals surface area contributed by atoms with Crippen molar-refractivity contribution in [3.05, 3.63) is 0 Å². The van der Waals surface area contributed by atoms with Gasteiger partial charge in [-0.15, -0.1) is 0 Å². The highest BCUT2D eigenvalue weighted by atomic mass is 16.4. The first-order valence-electron chi connectivity index (χ1n) is 5.94. The van der Waals surface area contributed by atoms with Gasteiger partial charge in [0, 0.05) is 12.0 Å². The van der Waals surface area contributed by atoms with Gasteiger partial charge in [-0.1, -0.05) is 6.92 Å². The third kappa shape index (κ3) is 1.89. The van der Waals surface area contributed by atoms with Crippen LogP contribution in [0.15, 0.2) is 0 Å². The Hall–Kier alpha value is -1.79. The smallest absolute Gasteiger partial charge is 0.405 e. The molecule has 7 heteroatoms. The Bertz CT molecular complexity index is 411. The fourth-order valence-corrected chi connectivity index (χ4v) is 3.10. The van der Waals surface area contributed by atoms with Crippen LogP contribution in [0.5, 0.6) is 0 Å². The molecule has 2 fully saturated rings. The van der Waals surface area contributed by atoms with Gasteiger partial charge in [-0.25, -0.2) is 4.79 Å². The highest BCUT2D eigenvalue weighted by Gasteiger charge is 2.63. The zero-order chi connectivity index (χ0) is 13.5. The van der Waals surface area contributed by atoms with E-state index in [0.29, 0.717) is 12.5 Å². The molecule has 4 N–H and O–H groups in total. The molecule has 100 valence electrons. The number of hydrogen-bond donors (Lipinski definition) is 3. The molecule has 0 aromatic heterocycles. The second-order valence-corrected chi connectivity index (χ2v) is 5.14. The minimum absolute atomic E-state index is 0.162. The fraction of sp³-hybridized carbons (Fsp3) is 0.727. The average molecular weight is 255 g/mol. The van der Waals surface area contributed by atoms with Crippen LogP contribution in [-0.4, -0.2) is 47.0 Å². The Labute approximate surface area is 104 Å². The second-order valence-electron chi connectivity index (χ2n) is 5.14. The maximum Gasteiger partial charge on any atom is 0.405 e. The Kier molecular flexibility index (Phi) is 2.92. The summed E-state index contributed by atoms with van der Waals surface area (Å²) in [7, 11) is 0. The molecule has 2 rings (SSSR count). The van der Waals surface area contributed by atoms with Gasteiger partial charge in [0.25, 0.3) is 0 Å². The van der Waals surface area contributed by atoms with Gasteiger partial charge < -0.3 is 21.1 Å². The molecule has 2 aliphatic rings. The molecule has 0 aromatic carbocycles. The van der Waals surface area contributed by atoms with E-state index in [2.05, 4.69) is 0 Å². The van der Waals surface area contributed by atoms with E-state index in [0.717, 1.165) is 12.8 Å². The van der Waals surface area contributed by atoms with E-state index in [1.165, 1.54) is 4.90 Å². The van der Waals surface area contributed by atoms with Crippen LogP contribution < -0.4 is 11.1 Å². The Balaban J connectivity index is 2.07. The van der Waals surface area contributed by atoms with E-state index < -0.39 is 23.9 Å². The first-order valence-corrected chi connectivity index (χ1v) is 5.94. The van der Waals surface area contributed by atoms with Gasteiger partial charge in [0.05, 0.1) is 0 Å². The molecule has 1 aliphatic carbocycles. The van der Waals surface area contributed by atoms with Crippen molar-refractivity contribution >= 4 is 17.9 Å². The number of nitrogens with one attached hydrogen (secondary N) is 1. The lowest BCUT2D eigenvalue weighted by atomic mass is 9.94. The minimum Gasteiger partial charge on any atom is -0.465 e. The molecule has 1 saturated heterocycles. The van der Waals surface area contributed by atoms with Crippen LogP contribution in [0.3, 0.4) is 0 Å². The lowest BCUT2D eigenvalue weighted by molar-refractivity contribution is -0.137. The number of likely N-dealkylation sites (tertiary alicyclic amines) is 1. The summed E-state index contributed by atoms with van der Waals surface area (Å²) in [5, 5.41) is 10.5. The molecule has 1 saturated carbocycles. The summed E-state index contributed by atoms with van der Waals surface area (Å²) in [6.07, 6.45) is 0.407. The lowest BCUT2D eigenvalue weighted by Gasteiger charge is -2.26. The molecule has 1 spiro atoms. The summed E-state index contributed by atoms with van der Waals surface area (Å²) in [5.41, 5.74) is 5.23. The molecule has 18 heavy (non-hydrogen) atoms. The van der Waals surface area contributed by atoms with Gasteiger partial charge in [0.15, 0.2) is 0 Å². The zero-order valence-corrected chi connectivity index (χ0v) is 10.2. The predicted molar refractivity (Wildman–Crippen MR) is 61.6 cm³/mol. The van der Waals surface area contributed by atoms with Crippen molar-refractivity contribution in [1.29, 1.82) is 0 Å². The monoisotopic (exact) mass is 255 g/mol. The number of nitrogens with zero attached hydrogens (tertiary/aromatic N) is 1. The summed E-state index contributed by atoms with van der Waals surface area (Å²) in [6, 6.07) is -0.587. The topological polar surface area (TPSA) is 113 Å². The van der Waals surface area contributed by atoms with Gasteiger partial charge in [-0.2, -0.15) is 0 Å². The van der Waals surface area contributed by atoms with Crippen LogP contribution in [0.2, 0.25) is 0 Å². The molecule has 7 nitrogen and oxygen atoms in total. The molecule has 1 heterocycles. The Morgan fingerprint density at radius 1 is 1.50 bits per heavy atom. The molecule has 1 aliphatic heterocycles. The molecular weight excluding hydrogens is 238 g/mol. The van der Waals surface area contributed by atoms with Crippen molar-refractivity contribution in [3.8, 4) is 0 Å². The maximum absolute atomic E-state index is 11.9. The quantitative estimate of drug-likeness (QED) is 0.623. The third-order valence-electron chi connectivity index (χ3n) is 4.16. The van der Waals surface area contributed by atoms with E-state index in [4.69, 9.17) is 10.8 Å². The molecule has 0 radical (unpaired) electrons. The average Bonchev–Trinajstić information content (AvgIpc) is 2.74. The molecule has 0 aromatic rings. The summed E-state index contributed by atoms with van der Waals surface area (Å²) in [4.78, 5) is 35.2. The summed E-state index contributed by atoms with van der Waals surface area (Å²) >= 11 is 0. The van der Waals surface area contributed by atoms with E-state index in [9.17, 15) is 14.4 Å². The molecule has 3 amide bonds. The Morgan fingerprint density at radius 2 is 2.11 bits per heavy atom. The summed E-state index contributed by atoms with van der Waals surface area (Å²) < 4.78 is 0. The van der Waals surface area contributed by atoms with Crippen molar-refractivity contribution in [2.45, 2.75) is 25.8 Å². The number of nitrogens with two attached hydrogens (primary N) is 1. The normalized spacial score (nSPS) is 33.5. The first kappa shape index (κ1) is 12.7. The number of amides is 3. The molecule has 3 atom stereocenters. The first-order chi connectivity index (χ1) is 8.38. The van der Waals surface area contributed by atoms with Gasteiger partial charge in [-0.05, 0) is 18.8 Å². The largest absolute Gasteiger partial charge is 0.465 e. The van der Waals surface area contributed by atoms with Gasteiger partial charge >= 0.3 is 6.09 Å². The van der Waals surface area contributed by atoms with E-state index in [-0.39, 0.29) is 12.0 Å². The van der Waals surface area contributed by atoms with E-state index in [1.54, 1.807) is 0 Å². The molecule has 2 unspecified atom stereocenters. The van der Waals surface area contributed by atoms with Crippen LogP contribution in [0.4, 0.5) is 4.79 Å². The van der Waals surface area contributed by atoms with Gasteiger partial charge in [0.2, 0.25) is 11.8 Å². The van der Waals surface area contributed by atoms with Crippen molar-refractivity contribution in [2.75, 3.05) is 13.1 Å². The fourth-order valence-electron chi connectivity index (χ4n) is 3.10. The van der Waals surface area contributed by atoms with Gasteiger partial charge in [0.1, 0.15) is 12.6 Å². The molecular formula is C11H17N3O4. The van der Waals surface area contributed by atoms with Crippen molar-refractivity contribution in [3.63, 3.8) is 0 Å². The summed E-state index contributed by atoms with van der Waals surface area (Å²) in [5.74, 6) is -0.502. The lowest BCUT2D eigenvalue weighted by Crippen LogP contribution is -2.50. The minimum atomic E-state index is -1.26. The highest BCUT2D eigenvalue weighted by Crippen LogP contribution is 2.61. The van der Waals surface area contributed by atoms with Crippen LogP contribution in [-0.2, 0) is 9.59 Å². The number of carbonyl (C=O) groups is 3. The highest BCUT2D eigenvalue weighted by molar-refractivity contribution is 5.90. The van der Waals surface area contributed by atoms with E-state index in [1.807, 2.05) is 12.2 Å². The number of rotatable bonds is 3. The van der Waals surface area contributed by atoms with Crippen LogP contribution in [0.25, 0.3) is 0 Å². The summed E-state index contributed by atoms with van der Waals surface area (Å²) in [6.45, 7) is 2.20. The standard InChI is InChI=1S/C11H17N3O4/c1-6-4-11(6)2-3-14(8(11)9(12)16)7(15)5-13-10(17)18/h6,8,13H,2-5H2,1H3,(H2,12,16)(H,17,18)/t6?,8-,11?/m1/s1. The number of carboxylic acid groups (broad SMARTS) is 1.